The van der Waals surface area contributed by atoms with Crippen molar-refractivity contribution in [3.63, 3.8) is 0 Å². The van der Waals surface area contributed by atoms with E-state index in [1.165, 1.54) is 6.92 Å². The molecule has 86 valence electrons. The highest BCUT2D eigenvalue weighted by atomic mass is 32.2. The van der Waals surface area contributed by atoms with Crippen molar-refractivity contribution in [1.29, 1.82) is 0 Å². The fraction of sp³-hybridized carbons (Fsp3) is 0.300. The van der Waals surface area contributed by atoms with E-state index >= 15 is 0 Å². The van der Waals surface area contributed by atoms with Gasteiger partial charge in [-0.2, -0.15) is 0 Å². The molecule has 1 atom stereocenters. The summed E-state index contributed by atoms with van der Waals surface area (Å²) in [5, 5.41) is -1.30. The second kappa shape index (κ2) is 3.57. The molecule has 0 aromatic heterocycles. The van der Waals surface area contributed by atoms with Gasteiger partial charge in [0.2, 0.25) is 5.91 Å². The zero-order chi connectivity index (χ0) is 11.9. The van der Waals surface area contributed by atoms with Gasteiger partial charge in [-0.15, -0.1) is 0 Å². The number of fused-ring (bicyclic) bond motifs is 1. The molecule has 1 aromatic carbocycles. The quantitative estimate of drug-likeness (QED) is 0.668. The number of hydrogen-bond donors (Lipinski definition) is 0. The Morgan fingerprint density at radius 2 is 2.06 bits per heavy atom. The molecule has 0 saturated carbocycles. The van der Waals surface area contributed by atoms with Gasteiger partial charge in [-0.1, -0.05) is 18.2 Å². The van der Waals surface area contributed by atoms with Gasteiger partial charge in [-0.25, -0.2) is 8.42 Å². The van der Waals surface area contributed by atoms with Gasteiger partial charge in [0.15, 0.2) is 0 Å². The van der Waals surface area contributed by atoms with Gasteiger partial charge in [0.05, 0.1) is 0 Å². The Morgan fingerprint density at radius 1 is 1.44 bits per heavy atom. The first-order chi connectivity index (χ1) is 7.41. The van der Waals surface area contributed by atoms with Gasteiger partial charge in [-0.3, -0.25) is 9.69 Å². The monoisotopic (exact) mass is 240 g/mol. The molecule has 5 nitrogen and oxygen atoms in total. The summed E-state index contributed by atoms with van der Waals surface area (Å²) in [6, 6.07) is 6.81. The maximum Gasteiger partial charge on any atom is 0.224 e. The lowest BCUT2D eigenvalue weighted by atomic mass is 10.2. The van der Waals surface area contributed by atoms with Crippen LogP contribution in [0.1, 0.15) is 12.5 Å². The Kier molecular flexibility index (Phi) is 2.47. The van der Waals surface area contributed by atoms with Gasteiger partial charge in [0, 0.05) is 19.0 Å². The lowest BCUT2D eigenvalue weighted by Crippen LogP contribution is -2.41. The zero-order valence-corrected chi connectivity index (χ0v) is 9.40. The zero-order valence-electron chi connectivity index (χ0n) is 8.58. The summed E-state index contributed by atoms with van der Waals surface area (Å²) in [5.74, 6) is -0.436. The molecule has 1 aliphatic rings. The van der Waals surface area contributed by atoms with Crippen molar-refractivity contribution in [2.75, 3.05) is 4.90 Å². The average Bonchev–Trinajstić information content (AvgIpc) is 2.55. The minimum absolute atomic E-state index is 0.0710. The summed E-state index contributed by atoms with van der Waals surface area (Å²) in [6.07, 6.45) is 0.0710. The second-order valence-electron chi connectivity index (χ2n) is 3.67. The number of amides is 1. The van der Waals surface area contributed by atoms with Crippen molar-refractivity contribution >= 4 is 21.7 Å². The van der Waals surface area contributed by atoms with Crippen LogP contribution in [0.25, 0.3) is 0 Å². The Balaban J connectivity index is 2.54. The standard InChI is InChI=1S/C10H11NO4S/c1-7(12)11-9-5-3-2-4-8(9)6-10(11)16(13,14)15/h2-5,10H,6H2,1H3,(H,13,14,15)/p-1. The summed E-state index contributed by atoms with van der Waals surface area (Å²) in [5.41, 5.74) is 1.22. The summed E-state index contributed by atoms with van der Waals surface area (Å²) in [6.45, 7) is 1.25. The van der Waals surface area contributed by atoms with Crippen LogP contribution in [0.2, 0.25) is 0 Å². The third-order valence-electron chi connectivity index (χ3n) is 2.61. The van der Waals surface area contributed by atoms with Crippen LogP contribution in [0, 0.1) is 0 Å². The van der Waals surface area contributed by atoms with Gasteiger partial charge in [0.25, 0.3) is 0 Å². The highest BCUT2D eigenvalue weighted by molar-refractivity contribution is 7.86. The largest absolute Gasteiger partial charge is 0.746 e. The molecule has 6 heteroatoms. The van der Waals surface area contributed by atoms with Gasteiger partial charge >= 0.3 is 0 Å². The molecule has 1 aromatic rings. The Bertz CT molecular complexity index is 538. The van der Waals surface area contributed by atoms with Crippen LogP contribution >= 0.6 is 0 Å². The van der Waals surface area contributed by atoms with Crippen LogP contribution < -0.4 is 4.90 Å². The molecule has 0 fully saturated rings. The van der Waals surface area contributed by atoms with E-state index in [2.05, 4.69) is 0 Å². The maximum atomic E-state index is 11.4. The number of para-hydroxylation sites is 1. The second-order valence-corrected chi connectivity index (χ2v) is 5.20. The molecule has 0 N–H and O–H groups in total. The van der Waals surface area contributed by atoms with Crippen molar-refractivity contribution in [1.82, 2.24) is 0 Å². The topological polar surface area (TPSA) is 77.5 Å². The van der Waals surface area contributed by atoms with Crippen molar-refractivity contribution in [2.24, 2.45) is 0 Å². The number of anilines is 1. The van der Waals surface area contributed by atoms with Crippen molar-refractivity contribution in [3.8, 4) is 0 Å². The first-order valence-electron chi connectivity index (χ1n) is 4.73. The number of nitrogens with zero attached hydrogens (tertiary/aromatic N) is 1. The summed E-state index contributed by atoms with van der Waals surface area (Å²) < 4.78 is 33.2. The van der Waals surface area contributed by atoms with Crippen LogP contribution in [-0.4, -0.2) is 24.3 Å². The highest BCUT2D eigenvalue weighted by Gasteiger charge is 2.35. The molecule has 0 aliphatic carbocycles. The lowest BCUT2D eigenvalue weighted by molar-refractivity contribution is -0.116. The normalized spacial score (nSPS) is 19.6. The van der Waals surface area contributed by atoms with Crippen LogP contribution in [-0.2, 0) is 21.3 Å². The minimum atomic E-state index is -4.51. The third-order valence-corrected chi connectivity index (χ3v) is 3.65. The van der Waals surface area contributed by atoms with E-state index in [4.69, 9.17) is 0 Å². The molecular formula is C10H10NO4S-. The highest BCUT2D eigenvalue weighted by Crippen LogP contribution is 2.33. The molecule has 1 unspecified atom stereocenters. The lowest BCUT2D eigenvalue weighted by Gasteiger charge is -2.26. The predicted octanol–water partition coefficient (Wildman–Crippen LogP) is 0.467. The average molecular weight is 240 g/mol. The Hall–Kier alpha value is -1.40. The number of hydrogen-bond acceptors (Lipinski definition) is 4. The van der Waals surface area contributed by atoms with Gasteiger partial charge in [0.1, 0.15) is 15.5 Å². The van der Waals surface area contributed by atoms with E-state index in [0.29, 0.717) is 11.3 Å². The Morgan fingerprint density at radius 3 is 2.62 bits per heavy atom. The van der Waals surface area contributed by atoms with E-state index in [-0.39, 0.29) is 6.42 Å². The summed E-state index contributed by atoms with van der Waals surface area (Å²) in [7, 11) is -4.51. The number of rotatable bonds is 1. The van der Waals surface area contributed by atoms with E-state index in [9.17, 15) is 17.8 Å². The number of carbonyl (C=O) groups is 1. The molecule has 16 heavy (non-hydrogen) atoms. The van der Waals surface area contributed by atoms with E-state index in [1.807, 2.05) is 0 Å². The van der Waals surface area contributed by atoms with E-state index < -0.39 is 21.4 Å². The van der Waals surface area contributed by atoms with E-state index in [1.54, 1.807) is 24.3 Å². The maximum absolute atomic E-state index is 11.4. The third kappa shape index (κ3) is 1.70. The minimum Gasteiger partial charge on any atom is -0.746 e. The van der Waals surface area contributed by atoms with Crippen LogP contribution in [0.5, 0.6) is 0 Å². The summed E-state index contributed by atoms with van der Waals surface area (Å²) in [4.78, 5) is 12.4. The van der Waals surface area contributed by atoms with Gasteiger partial charge in [-0.05, 0) is 11.6 Å². The molecular weight excluding hydrogens is 230 g/mol. The van der Waals surface area contributed by atoms with Gasteiger partial charge < -0.3 is 4.55 Å². The van der Waals surface area contributed by atoms with Crippen molar-refractivity contribution in [2.45, 2.75) is 18.7 Å². The van der Waals surface area contributed by atoms with Crippen molar-refractivity contribution in [3.05, 3.63) is 29.8 Å². The smallest absolute Gasteiger partial charge is 0.224 e. The molecule has 1 heterocycles. The van der Waals surface area contributed by atoms with Crippen LogP contribution in [0.3, 0.4) is 0 Å². The molecule has 2 rings (SSSR count). The molecule has 1 aliphatic heterocycles. The fourth-order valence-electron chi connectivity index (χ4n) is 1.96. The molecule has 0 bridgehead atoms. The van der Waals surface area contributed by atoms with Crippen LogP contribution in [0.15, 0.2) is 24.3 Å². The van der Waals surface area contributed by atoms with Crippen molar-refractivity contribution < 1.29 is 17.8 Å². The first-order valence-corrected chi connectivity index (χ1v) is 6.21. The summed E-state index contributed by atoms with van der Waals surface area (Å²) >= 11 is 0. The van der Waals surface area contributed by atoms with Crippen LogP contribution in [0.4, 0.5) is 5.69 Å². The SMILES string of the molecule is CC(=O)N1c2ccccc2CC1S(=O)(=O)[O-]. The molecule has 0 spiro atoms. The predicted molar refractivity (Wildman–Crippen MR) is 56.8 cm³/mol. The number of benzene rings is 1. The number of carbonyl (C=O) groups excluding carboxylic acids is 1. The van der Waals surface area contributed by atoms with E-state index in [0.717, 1.165) is 4.90 Å². The Labute approximate surface area is 93.4 Å². The fourth-order valence-corrected chi connectivity index (χ4v) is 2.86. The first kappa shape index (κ1) is 11.1. The molecule has 1 amide bonds. The molecule has 0 radical (unpaired) electrons. The molecule has 0 saturated heterocycles.